The smallest absolute Gasteiger partial charge is 0.251 e. The fraction of sp³-hybridized carbons (Fsp3) is 0.286. The Morgan fingerprint density at radius 1 is 1.20 bits per heavy atom. The van der Waals surface area contributed by atoms with Crippen LogP contribution in [0.2, 0.25) is 0 Å². The highest BCUT2D eigenvalue weighted by atomic mass is 16.5. The van der Waals surface area contributed by atoms with Gasteiger partial charge in [0, 0.05) is 34.6 Å². The molecular formula is C21H22N2O2. The van der Waals surface area contributed by atoms with Gasteiger partial charge in [-0.05, 0) is 62.2 Å². The summed E-state index contributed by atoms with van der Waals surface area (Å²) in [5.41, 5.74) is 5.70. The molecule has 1 atom stereocenters. The molecule has 0 bridgehead atoms. The van der Waals surface area contributed by atoms with Crippen molar-refractivity contribution in [3.63, 3.8) is 0 Å². The number of fused-ring (bicyclic) bond motifs is 3. The first-order valence-corrected chi connectivity index (χ1v) is 8.78. The van der Waals surface area contributed by atoms with Crippen LogP contribution in [0.1, 0.15) is 34.1 Å². The van der Waals surface area contributed by atoms with E-state index in [1.54, 1.807) is 0 Å². The van der Waals surface area contributed by atoms with Crippen molar-refractivity contribution >= 4 is 16.8 Å². The minimum atomic E-state index is -0.0290. The second kappa shape index (κ2) is 6.28. The molecule has 0 radical (unpaired) electrons. The van der Waals surface area contributed by atoms with E-state index in [1.165, 1.54) is 27.7 Å². The molecule has 4 heteroatoms. The second-order valence-electron chi connectivity index (χ2n) is 6.67. The van der Waals surface area contributed by atoms with Crippen molar-refractivity contribution in [3.05, 3.63) is 64.8 Å². The van der Waals surface area contributed by atoms with Gasteiger partial charge in [0.05, 0.1) is 6.61 Å². The number of ether oxygens (including phenoxy) is 1. The first-order valence-electron chi connectivity index (χ1n) is 8.78. The maximum absolute atomic E-state index is 12.5. The normalized spacial score (nSPS) is 16.0. The van der Waals surface area contributed by atoms with Gasteiger partial charge in [-0.1, -0.05) is 11.6 Å². The number of H-pyrrole nitrogens is 1. The summed E-state index contributed by atoms with van der Waals surface area (Å²) in [5.74, 6) is 0.760. The van der Waals surface area contributed by atoms with Gasteiger partial charge in [0.2, 0.25) is 0 Å². The largest absolute Gasteiger partial charge is 0.494 e. The van der Waals surface area contributed by atoms with Crippen LogP contribution < -0.4 is 10.1 Å². The first kappa shape index (κ1) is 15.8. The molecule has 1 unspecified atom stereocenters. The number of hydrogen-bond acceptors (Lipinski definition) is 2. The number of hydrogen-bond donors (Lipinski definition) is 2. The van der Waals surface area contributed by atoms with E-state index < -0.39 is 0 Å². The number of carbonyl (C=O) groups excluding carboxylic acids is 1. The van der Waals surface area contributed by atoms with Gasteiger partial charge >= 0.3 is 0 Å². The van der Waals surface area contributed by atoms with Gasteiger partial charge in [0.1, 0.15) is 5.75 Å². The summed E-state index contributed by atoms with van der Waals surface area (Å²) >= 11 is 0. The van der Waals surface area contributed by atoms with Crippen molar-refractivity contribution in [2.75, 3.05) is 6.61 Å². The number of rotatable bonds is 4. The maximum atomic E-state index is 12.5. The van der Waals surface area contributed by atoms with E-state index in [0.29, 0.717) is 12.2 Å². The molecular weight excluding hydrogens is 312 g/mol. The minimum absolute atomic E-state index is 0.0290. The average molecular weight is 334 g/mol. The van der Waals surface area contributed by atoms with Crippen LogP contribution in [0.4, 0.5) is 0 Å². The first-order chi connectivity index (χ1) is 12.1. The fourth-order valence-corrected chi connectivity index (χ4v) is 3.63. The number of aromatic amines is 1. The summed E-state index contributed by atoms with van der Waals surface area (Å²) in [7, 11) is 0. The third kappa shape index (κ3) is 3.00. The van der Waals surface area contributed by atoms with E-state index in [0.717, 1.165) is 18.6 Å². The Morgan fingerprint density at radius 2 is 2.00 bits per heavy atom. The molecule has 0 saturated carbocycles. The monoisotopic (exact) mass is 334 g/mol. The zero-order valence-electron chi connectivity index (χ0n) is 14.6. The predicted molar refractivity (Wildman–Crippen MR) is 99.3 cm³/mol. The summed E-state index contributed by atoms with van der Waals surface area (Å²) in [6.07, 6.45) is 1.73. The summed E-state index contributed by atoms with van der Waals surface area (Å²) in [5, 5.41) is 4.44. The molecule has 4 nitrogen and oxygen atoms in total. The molecule has 1 aliphatic carbocycles. The number of benzene rings is 2. The lowest BCUT2D eigenvalue weighted by atomic mass is 10.1. The molecule has 2 N–H and O–H groups in total. The van der Waals surface area contributed by atoms with E-state index in [4.69, 9.17) is 4.74 Å². The van der Waals surface area contributed by atoms with Gasteiger partial charge in [-0.2, -0.15) is 0 Å². The Hall–Kier alpha value is -2.75. The van der Waals surface area contributed by atoms with Crippen LogP contribution in [0.15, 0.2) is 42.5 Å². The van der Waals surface area contributed by atoms with E-state index in [9.17, 15) is 4.79 Å². The predicted octanol–water partition coefficient (Wildman–Crippen LogP) is 3.77. The van der Waals surface area contributed by atoms with Crippen LogP contribution in [-0.2, 0) is 12.8 Å². The summed E-state index contributed by atoms with van der Waals surface area (Å²) in [4.78, 5) is 16.0. The highest BCUT2D eigenvalue weighted by molar-refractivity contribution is 5.95. The van der Waals surface area contributed by atoms with Gasteiger partial charge in [0.25, 0.3) is 5.91 Å². The van der Waals surface area contributed by atoms with Crippen molar-refractivity contribution < 1.29 is 9.53 Å². The molecule has 0 saturated heterocycles. The molecule has 1 amide bonds. The molecule has 0 spiro atoms. The van der Waals surface area contributed by atoms with E-state index in [1.807, 2.05) is 31.2 Å². The van der Waals surface area contributed by atoms with E-state index in [2.05, 4.69) is 35.4 Å². The minimum Gasteiger partial charge on any atom is -0.494 e. The average Bonchev–Trinajstić information content (AvgIpc) is 3.13. The Balaban J connectivity index is 1.46. The number of carbonyl (C=O) groups is 1. The highest BCUT2D eigenvalue weighted by Gasteiger charge is 2.26. The van der Waals surface area contributed by atoms with E-state index in [-0.39, 0.29) is 11.9 Å². The zero-order valence-corrected chi connectivity index (χ0v) is 14.6. The lowest BCUT2D eigenvalue weighted by molar-refractivity contribution is 0.0938. The summed E-state index contributed by atoms with van der Waals surface area (Å²) in [6.45, 7) is 4.68. The summed E-state index contributed by atoms with van der Waals surface area (Å²) in [6, 6.07) is 13.9. The lowest BCUT2D eigenvalue weighted by Gasteiger charge is -2.13. The topological polar surface area (TPSA) is 54.1 Å². The molecule has 3 aromatic rings. The van der Waals surface area contributed by atoms with Crippen molar-refractivity contribution in [1.29, 1.82) is 0 Å². The Morgan fingerprint density at radius 3 is 2.76 bits per heavy atom. The third-order valence-corrected chi connectivity index (χ3v) is 4.81. The zero-order chi connectivity index (χ0) is 17.4. The molecule has 4 rings (SSSR count). The molecule has 2 aromatic carbocycles. The van der Waals surface area contributed by atoms with Crippen LogP contribution in [0.3, 0.4) is 0 Å². The highest BCUT2D eigenvalue weighted by Crippen LogP contribution is 2.30. The van der Waals surface area contributed by atoms with Crippen LogP contribution >= 0.6 is 0 Å². The third-order valence-electron chi connectivity index (χ3n) is 4.81. The number of amides is 1. The van der Waals surface area contributed by atoms with Gasteiger partial charge in [-0.3, -0.25) is 4.79 Å². The molecule has 1 aliphatic rings. The number of aryl methyl sites for hydroxylation is 1. The molecule has 1 heterocycles. The standard InChI is InChI=1S/C21H22N2O2/c1-3-25-16-7-5-14(6-8-16)21(24)22-15-11-18-17-10-13(2)4-9-19(17)23-20(18)12-15/h4-10,15,23H,3,11-12H2,1-2H3,(H,22,24). The second-order valence-corrected chi connectivity index (χ2v) is 6.67. The Bertz CT molecular complexity index is 925. The number of aromatic nitrogens is 1. The fourth-order valence-electron chi connectivity index (χ4n) is 3.63. The van der Waals surface area contributed by atoms with E-state index >= 15 is 0 Å². The Labute approximate surface area is 147 Å². The maximum Gasteiger partial charge on any atom is 0.251 e. The molecule has 128 valence electrons. The number of nitrogens with one attached hydrogen (secondary N) is 2. The van der Waals surface area contributed by atoms with Gasteiger partial charge < -0.3 is 15.0 Å². The van der Waals surface area contributed by atoms with Crippen molar-refractivity contribution in [1.82, 2.24) is 10.3 Å². The quantitative estimate of drug-likeness (QED) is 0.763. The van der Waals surface area contributed by atoms with Gasteiger partial charge in [-0.15, -0.1) is 0 Å². The lowest BCUT2D eigenvalue weighted by Crippen LogP contribution is -2.35. The van der Waals surface area contributed by atoms with Crippen LogP contribution in [-0.4, -0.2) is 23.5 Å². The van der Waals surface area contributed by atoms with Gasteiger partial charge in [-0.25, -0.2) is 0 Å². The summed E-state index contributed by atoms with van der Waals surface area (Å²) < 4.78 is 5.42. The van der Waals surface area contributed by atoms with Crippen LogP contribution in [0.5, 0.6) is 5.75 Å². The Kier molecular flexibility index (Phi) is 3.96. The molecule has 1 aromatic heterocycles. The molecule has 0 aliphatic heterocycles. The molecule has 0 fully saturated rings. The van der Waals surface area contributed by atoms with Gasteiger partial charge in [0.15, 0.2) is 0 Å². The molecule has 25 heavy (non-hydrogen) atoms. The SMILES string of the molecule is CCOc1ccc(C(=O)NC2Cc3[nH]c4ccc(C)cc4c3C2)cc1. The van der Waals surface area contributed by atoms with Crippen molar-refractivity contribution in [2.45, 2.75) is 32.7 Å². The van der Waals surface area contributed by atoms with Crippen LogP contribution in [0.25, 0.3) is 10.9 Å². The van der Waals surface area contributed by atoms with Crippen molar-refractivity contribution in [3.8, 4) is 5.75 Å². The van der Waals surface area contributed by atoms with Crippen molar-refractivity contribution in [2.24, 2.45) is 0 Å². The van der Waals surface area contributed by atoms with Crippen LogP contribution in [0, 0.1) is 6.92 Å².